The summed E-state index contributed by atoms with van der Waals surface area (Å²) in [6.45, 7) is 3.97. The second-order valence-electron chi connectivity index (χ2n) is 5.16. The Hall–Kier alpha value is -2.00. The SMILES string of the molecule is Cc1ccc(C(=O)c2nc3ccccc3cc2Br)c(C)c1. The summed E-state index contributed by atoms with van der Waals surface area (Å²) in [6, 6.07) is 15.6. The molecule has 2 aromatic carbocycles. The number of fused-ring (bicyclic) bond motifs is 1. The van der Waals surface area contributed by atoms with E-state index in [-0.39, 0.29) is 5.78 Å². The van der Waals surface area contributed by atoms with Crippen LogP contribution < -0.4 is 0 Å². The Morgan fingerprint density at radius 2 is 1.81 bits per heavy atom. The van der Waals surface area contributed by atoms with E-state index in [1.807, 2.05) is 62.4 Å². The Morgan fingerprint density at radius 3 is 2.57 bits per heavy atom. The second kappa shape index (κ2) is 5.41. The van der Waals surface area contributed by atoms with Crippen LogP contribution in [0.5, 0.6) is 0 Å². The first kappa shape index (κ1) is 14.0. The number of hydrogen-bond donors (Lipinski definition) is 0. The topological polar surface area (TPSA) is 30.0 Å². The van der Waals surface area contributed by atoms with Crippen LogP contribution >= 0.6 is 15.9 Å². The number of carbonyl (C=O) groups is 1. The molecule has 3 rings (SSSR count). The van der Waals surface area contributed by atoms with Crippen LogP contribution in [0.4, 0.5) is 0 Å². The highest BCUT2D eigenvalue weighted by Crippen LogP contribution is 2.24. The average molecular weight is 340 g/mol. The highest BCUT2D eigenvalue weighted by molar-refractivity contribution is 9.10. The lowest BCUT2D eigenvalue weighted by atomic mass is 10.00. The van der Waals surface area contributed by atoms with Crippen LogP contribution in [-0.4, -0.2) is 10.8 Å². The molecular formula is C18H14BrNO. The summed E-state index contributed by atoms with van der Waals surface area (Å²) in [5.41, 5.74) is 4.11. The maximum atomic E-state index is 12.8. The van der Waals surface area contributed by atoms with E-state index in [0.29, 0.717) is 11.3 Å². The monoisotopic (exact) mass is 339 g/mol. The van der Waals surface area contributed by atoms with E-state index in [0.717, 1.165) is 26.5 Å². The van der Waals surface area contributed by atoms with E-state index in [4.69, 9.17) is 0 Å². The van der Waals surface area contributed by atoms with E-state index in [1.165, 1.54) is 0 Å². The fourth-order valence-electron chi connectivity index (χ4n) is 2.45. The van der Waals surface area contributed by atoms with Crippen molar-refractivity contribution in [1.29, 1.82) is 0 Å². The number of rotatable bonds is 2. The van der Waals surface area contributed by atoms with Crippen LogP contribution in [-0.2, 0) is 0 Å². The molecule has 0 radical (unpaired) electrons. The molecule has 3 heteroatoms. The zero-order chi connectivity index (χ0) is 15.0. The predicted octanol–water partition coefficient (Wildman–Crippen LogP) is 4.85. The molecule has 0 aliphatic carbocycles. The molecule has 3 aromatic rings. The van der Waals surface area contributed by atoms with Crippen molar-refractivity contribution >= 4 is 32.6 Å². The molecule has 0 amide bonds. The Balaban J connectivity index is 2.15. The maximum absolute atomic E-state index is 12.8. The molecule has 21 heavy (non-hydrogen) atoms. The molecule has 0 fully saturated rings. The van der Waals surface area contributed by atoms with E-state index in [1.54, 1.807) is 0 Å². The summed E-state index contributed by atoms with van der Waals surface area (Å²) >= 11 is 3.47. The molecular weight excluding hydrogens is 326 g/mol. The summed E-state index contributed by atoms with van der Waals surface area (Å²) in [6.07, 6.45) is 0. The van der Waals surface area contributed by atoms with E-state index in [9.17, 15) is 4.79 Å². The number of benzene rings is 2. The molecule has 2 nitrogen and oxygen atoms in total. The largest absolute Gasteiger partial charge is 0.287 e. The molecule has 0 atom stereocenters. The van der Waals surface area contributed by atoms with Crippen LogP contribution in [0.3, 0.4) is 0 Å². The van der Waals surface area contributed by atoms with Crippen LogP contribution in [0.15, 0.2) is 53.0 Å². The lowest BCUT2D eigenvalue weighted by molar-refractivity contribution is 0.103. The van der Waals surface area contributed by atoms with Gasteiger partial charge in [-0.15, -0.1) is 0 Å². The molecule has 104 valence electrons. The molecule has 0 spiro atoms. The smallest absolute Gasteiger partial charge is 0.212 e. The number of hydrogen-bond acceptors (Lipinski definition) is 2. The van der Waals surface area contributed by atoms with Crippen LogP contribution in [0, 0.1) is 13.8 Å². The zero-order valence-corrected chi connectivity index (χ0v) is 13.4. The molecule has 0 N–H and O–H groups in total. The van der Waals surface area contributed by atoms with Crippen molar-refractivity contribution in [3.63, 3.8) is 0 Å². The third-order valence-corrected chi connectivity index (χ3v) is 4.12. The highest BCUT2D eigenvalue weighted by atomic mass is 79.9. The summed E-state index contributed by atoms with van der Waals surface area (Å²) < 4.78 is 0.728. The number of nitrogens with zero attached hydrogens (tertiary/aromatic N) is 1. The van der Waals surface area contributed by atoms with Gasteiger partial charge in [-0.25, -0.2) is 4.98 Å². The van der Waals surface area contributed by atoms with Crippen molar-refractivity contribution in [2.45, 2.75) is 13.8 Å². The summed E-state index contributed by atoms with van der Waals surface area (Å²) in [7, 11) is 0. The van der Waals surface area contributed by atoms with Gasteiger partial charge in [0, 0.05) is 15.4 Å². The van der Waals surface area contributed by atoms with Gasteiger partial charge in [0.15, 0.2) is 0 Å². The van der Waals surface area contributed by atoms with Crippen LogP contribution in [0.2, 0.25) is 0 Å². The number of para-hydroxylation sites is 1. The highest BCUT2D eigenvalue weighted by Gasteiger charge is 2.17. The third-order valence-electron chi connectivity index (χ3n) is 3.52. The average Bonchev–Trinajstić information content (AvgIpc) is 2.46. The van der Waals surface area contributed by atoms with Gasteiger partial charge >= 0.3 is 0 Å². The van der Waals surface area contributed by atoms with Crippen LogP contribution in [0.25, 0.3) is 10.9 Å². The maximum Gasteiger partial charge on any atom is 0.212 e. The van der Waals surface area contributed by atoms with Crippen molar-refractivity contribution in [1.82, 2.24) is 4.98 Å². The number of pyridine rings is 1. The van der Waals surface area contributed by atoms with Crippen molar-refractivity contribution in [3.05, 3.63) is 75.4 Å². The van der Waals surface area contributed by atoms with E-state index >= 15 is 0 Å². The molecule has 1 aromatic heterocycles. The fourth-order valence-corrected chi connectivity index (χ4v) is 2.96. The molecule has 0 unspecified atom stereocenters. The second-order valence-corrected chi connectivity index (χ2v) is 6.01. The molecule has 0 saturated carbocycles. The Bertz CT molecular complexity index is 855. The van der Waals surface area contributed by atoms with E-state index in [2.05, 4.69) is 20.9 Å². The number of ketones is 1. The Kier molecular flexibility index (Phi) is 3.60. The molecule has 0 aliphatic heterocycles. The minimum atomic E-state index is -0.0508. The third kappa shape index (κ3) is 2.61. The first-order chi connectivity index (χ1) is 10.1. The van der Waals surface area contributed by atoms with Gasteiger partial charge < -0.3 is 0 Å². The lowest BCUT2D eigenvalue weighted by Crippen LogP contribution is -2.07. The lowest BCUT2D eigenvalue weighted by Gasteiger charge is -2.08. The Labute approximate surface area is 132 Å². The minimum absolute atomic E-state index is 0.0508. The molecule has 0 aliphatic rings. The van der Waals surface area contributed by atoms with Gasteiger partial charge in [0.25, 0.3) is 0 Å². The standard InChI is InChI=1S/C18H14BrNO/c1-11-7-8-14(12(2)9-11)18(21)17-15(19)10-13-5-3-4-6-16(13)20-17/h3-10H,1-2H3. The summed E-state index contributed by atoms with van der Waals surface area (Å²) in [5.74, 6) is -0.0508. The molecule has 1 heterocycles. The van der Waals surface area contributed by atoms with Crippen molar-refractivity contribution in [3.8, 4) is 0 Å². The van der Waals surface area contributed by atoms with Crippen molar-refractivity contribution in [2.75, 3.05) is 0 Å². The van der Waals surface area contributed by atoms with Crippen molar-refractivity contribution in [2.24, 2.45) is 0 Å². The number of halogens is 1. The Morgan fingerprint density at radius 1 is 1.05 bits per heavy atom. The van der Waals surface area contributed by atoms with Gasteiger partial charge in [0.05, 0.1) is 5.52 Å². The van der Waals surface area contributed by atoms with Gasteiger partial charge in [-0.2, -0.15) is 0 Å². The summed E-state index contributed by atoms with van der Waals surface area (Å²) in [5, 5.41) is 1.02. The number of aromatic nitrogens is 1. The van der Waals surface area contributed by atoms with Gasteiger partial charge in [-0.3, -0.25) is 4.79 Å². The minimum Gasteiger partial charge on any atom is -0.287 e. The van der Waals surface area contributed by atoms with Gasteiger partial charge in [-0.1, -0.05) is 42.0 Å². The van der Waals surface area contributed by atoms with Crippen LogP contribution in [0.1, 0.15) is 27.2 Å². The quantitative estimate of drug-likeness (QED) is 0.625. The number of aryl methyl sites for hydroxylation is 2. The van der Waals surface area contributed by atoms with Gasteiger partial charge in [0.2, 0.25) is 5.78 Å². The van der Waals surface area contributed by atoms with Gasteiger partial charge in [-0.05, 0) is 47.5 Å². The first-order valence-corrected chi connectivity index (χ1v) is 7.53. The summed E-state index contributed by atoms with van der Waals surface area (Å²) in [4.78, 5) is 17.3. The fraction of sp³-hybridized carbons (Fsp3) is 0.111. The van der Waals surface area contributed by atoms with Crippen molar-refractivity contribution < 1.29 is 4.79 Å². The first-order valence-electron chi connectivity index (χ1n) is 6.73. The van der Waals surface area contributed by atoms with E-state index < -0.39 is 0 Å². The normalized spacial score (nSPS) is 10.8. The molecule has 0 bridgehead atoms. The predicted molar refractivity (Wildman–Crippen MR) is 88.8 cm³/mol. The number of carbonyl (C=O) groups excluding carboxylic acids is 1. The van der Waals surface area contributed by atoms with Gasteiger partial charge in [0.1, 0.15) is 5.69 Å². The molecule has 0 saturated heterocycles. The zero-order valence-electron chi connectivity index (χ0n) is 11.9.